The van der Waals surface area contributed by atoms with Crippen molar-refractivity contribution in [2.24, 2.45) is 0 Å². The van der Waals surface area contributed by atoms with E-state index < -0.39 is 0 Å². The van der Waals surface area contributed by atoms with E-state index in [2.05, 4.69) is 43.7 Å². The Bertz CT molecular complexity index is 864. The summed E-state index contributed by atoms with van der Waals surface area (Å²) < 4.78 is 0.957. The Labute approximate surface area is 155 Å². The summed E-state index contributed by atoms with van der Waals surface area (Å²) >= 11 is 3.46. The molecule has 0 saturated carbocycles. The van der Waals surface area contributed by atoms with Gasteiger partial charge in [0.2, 0.25) is 0 Å². The fourth-order valence-electron chi connectivity index (χ4n) is 2.30. The molecule has 4 nitrogen and oxygen atoms in total. The van der Waals surface area contributed by atoms with Crippen molar-refractivity contribution in [1.82, 2.24) is 4.98 Å². The maximum Gasteiger partial charge on any atom is 0.274 e. The maximum atomic E-state index is 12.3. The Kier molecular flexibility index (Phi) is 5.46. The summed E-state index contributed by atoms with van der Waals surface area (Å²) in [7, 11) is 0. The Balaban J connectivity index is 1.61. The highest BCUT2D eigenvalue weighted by Crippen LogP contribution is 2.21. The van der Waals surface area contributed by atoms with Crippen molar-refractivity contribution in [3.63, 3.8) is 0 Å². The number of benzene rings is 2. The van der Waals surface area contributed by atoms with Gasteiger partial charge in [0, 0.05) is 16.7 Å². The third-order valence-electron chi connectivity index (χ3n) is 3.77. The molecule has 0 unspecified atom stereocenters. The molecule has 1 aromatic heterocycles. The van der Waals surface area contributed by atoms with Gasteiger partial charge in [-0.05, 0) is 42.3 Å². The van der Waals surface area contributed by atoms with E-state index in [-0.39, 0.29) is 5.91 Å². The number of halogens is 1. The van der Waals surface area contributed by atoms with Crippen molar-refractivity contribution in [3.8, 4) is 0 Å². The molecular formula is C20H18BrN3O. The monoisotopic (exact) mass is 395 g/mol. The number of aryl methyl sites for hydroxylation is 1. The molecule has 1 amide bonds. The van der Waals surface area contributed by atoms with Crippen molar-refractivity contribution in [2.45, 2.75) is 13.5 Å². The van der Waals surface area contributed by atoms with E-state index in [4.69, 9.17) is 0 Å². The lowest BCUT2D eigenvalue weighted by Crippen LogP contribution is -2.13. The molecule has 5 heteroatoms. The van der Waals surface area contributed by atoms with E-state index in [0.717, 1.165) is 21.4 Å². The quantitative estimate of drug-likeness (QED) is 0.637. The highest BCUT2D eigenvalue weighted by molar-refractivity contribution is 9.10. The molecule has 3 rings (SSSR count). The predicted octanol–water partition coefficient (Wildman–Crippen LogP) is 5.02. The molecule has 0 bridgehead atoms. The third-order valence-corrected chi connectivity index (χ3v) is 4.62. The van der Waals surface area contributed by atoms with Gasteiger partial charge < -0.3 is 10.6 Å². The molecule has 0 aliphatic carbocycles. The number of rotatable bonds is 5. The zero-order chi connectivity index (χ0) is 17.6. The molecule has 0 fully saturated rings. The second kappa shape index (κ2) is 7.94. The zero-order valence-corrected chi connectivity index (χ0v) is 15.4. The van der Waals surface area contributed by atoms with Crippen LogP contribution in [0.15, 0.2) is 71.3 Å². The van der Waals surface area contributed by atoms with Crippen molar-refractivity contribution < 1.29 is 4.79 Å². The lowest BCUT2D eigenvalue weighted by Gasteiger charge is -2.08. The number of anilines is 2. The van der Waals surface area contributed by atoms with Crippen LogP contribution in [-0.4, -0.2) is 10.9 Å². The molecule has 3 aromatic rings. The van der Waals surface area contributed by atoms with Gasteiger partial charge in [-0.3, -0.25) is 4.79 Å². The second-order valence-corrected chi connectivity index (χ2v) is 6.54. The van der Waals surface area contributed by atoms with E-state index in [9.17, 15) is 4.79 Å². The maximum absolute atomic E-state index is 12.3. The van der Waals surface area contributed by atoms with Crippen molar-refractivity contribution in [2.75, 3.05) is 10.6 Å². The van der Waals surface area contributed by atoms with Crippen LogP contribution in [0.5, 0.6) is 0 Å². The zero-order valence-electron chi connectivity index (χ0n) is 13.8. The lowest BCUT2D eigenvalue weighted by molar-refractivity contribution is 0.102. The summed E-state index contributed by atoms with van der Waals surface area (Å²) in [4.78, 5) is 16.5. The first kappa shape index (κ1) is 17.2. The summed E-state index contributed by atoms with van der Waals surface area (Å²) in [5.74, 6) is -0.231. The van der Waals surface area contributed by atoms with E-state index >= 15 is 0 Å². The number of pyridine rings is 1. The number of carbonyl (C=O) groups excluding carboxylic acids is 1. The molecule has 2 aromatic carbocycles. The Morgan fingerprint density at radius 1 is 1.04 bits per heavy atom. The van der Waals surface area contributed by atoms with Gasteiger partial charge in [0.05, 0.1) is 11.9 Å². The summed E-state index contributed by atoms with van der Waals surface area (Å²) in [5.41, 5.74) is 4.29. The van der Waals surface area contributed by atoms with Crippen molar-refractivity contribution >= 4 is 33.2 Å². The van der Waals surface area contributed by atoms with Gasteiger partial charge in [0.1, 0.15) is 5.69 Å². The Hall–Kier alpha value is -2.66. The number of aromatic nitrogens is 1. The molecule has 0 saturated heterocycles. The highest BCUT2D eigenvalue weighted by atomic mass is 79.9. The van der Waals surface area contributed by atoms with Crippen molar-refractivity contribution in [1.29, 1.82) is 0 Å². The second-order valence-electron chi connectivity index (χ2n) is 5.69. The summed E-state index contributed by atoms with van der Waals surface area (Å²) in [6.07, 6.45) is 1.67. The molecule has 0 aliphatic heterocycles. The van der Waals surface area contributed by atoms with Gasteiger partial charge in [-0.2, -0.15) is 0 Å². The first-order chi connectivity index (χ1) is 12.1. The van der Waals surface area contributed by atoms with Gasteiger partial charge in [0.25, 0.3) is 5.91 Å². The third kappa shape index (κ3) is 4.67. The number of nitrogens with zero attached hydrogens (tertiary/aromatic N) is 1. The van der Waals surface area contributed by atoms with Crippen LogP contribution in [0.1, 0.15) is 21.6 Å². The Morgan fingerprint density at radius 3 is 2.48 bits per heavy atom. The number of nitrogens with one attached hydrogen (secondary N) is 2. The average Bonchev–Trinajstić information content (AvgIpc) is 2.64. The molecule has 0 aliphatic rings. The van der Waals surface area contributed by atoms with Crippen LogP contribution in [-0.2, 0) is 6.54 Å². The van der Waals surface area contributed by atoms with Gasteiger partial charge in [0.15, 0.2) is 0 Å². The fourth-order valence-corrected chi connectivity index (χ4v) is 2.68. The van der Waals surface area contributed by atoms with Crippen LogP contribution in [0, 0.1) is 6.92 Å². The molecule has 126 valence electrons. The summed E-state index contributed by atoms with van der Waals surface area (Å²) in [5, 5.41) is 6.14. The molecule has 0 radical (unpaired) electrons. The summed E-state index contributed by atoms with van der Waals surface area (Å²) in [6.45, 7) is 2.71. The van der Waals surface area contributed by atoms with Crippen LogP contribution in [0.25, 0.3) is 0 Å². The minimum Gasteiger partial charge on any atom is -0.380 e. The number of amides is 1. The smallest absolute Gasteiger partial charge is 0.274 e. The van der Waals surface area contributed by atoms with Gasteiger partial charge >= 0.3 is 0 Å². The summed E-state index contributed by atoms with van der Waals surface area (Å²) in [6, 6.07) is 19.4. The van der Waals surface area contributed by atoms with Crippen LogP contribution in [0.4, 0.5) is 11.4 Å². The normalized spacial score (nSPS) is 10.3. The van der Waals surface area contributed by atoms with E-state index in [0.29, 0.717) is 12.2 Å². The minimum absolute atomic E-state index is 0.231. The lowest BCUT2D eigenvalue weighted by atomic mass is 10.2. The van der Waals surface area contributed by atoms with Crippen LogP contribution in [0.3, 0.4) is 0 Å². The first-order valence-corrected chi connectivity index (χ1v) is 8.72. The molecule has 25 heavy (non-hydrogen) atoms. The minimum atomic E-state index is -0.231. The number of carbonyl (C=O) groups is 1. The molecule has 1 heterocycles. The van der Waals surface area contributed by atoms with Gasteiger partial charge in [-0.15, -0.1) is 0 Å². The van der Waals surface area contributed by atoms with Crippen LogP contribution in [0.2, 0.25) is 0 Å². The molecule has 0 spiro atoms. The van der Waals surface area contributed by atoms with Crippen molar-refractivity contribution in [3.05, 3.63) is 88.2 Å². The molecular weight excluding hydrogens is 378 g/mol. The first-order valence-electron chi connectivity index (χ1n) is 7.93. The van der Waals surface area contributed by atoms with E-state index in [1.54, 1.807) is 12.3 Å². The standard InChI is InChI=1S/C20H18BrN3O/c1-14-7-8-16(11-18(14)21)24-20(25)19-10-9-17(13-23-19)22-12-15-5-3-2-4-6-15/h2-11,13,22H,12H2,1H3,(H,24,25). The fraction of sp³-hybridized carbons (Fsp3) is 0.100. The number of hydrogen-bond acceptors (Lipinski definition) is 3. The predicted molar refractivity (Wildman–Crippen MR) is 105 cm³/mol. The van der Waals surface area contributed by atoms with Gasteiger partial charge in [-0.25, -0.2) is 4.98 Å². The molecule has 2 N–H and O–H groups in total. The largest absolute Gasteiger partial charge is 0.380 e. The topological polar surface area (TPSA) is 54.0 Å². The van der Waals surface area contributed by atoms with Crippen LogP contribution < -0.4 is 10.6 Å². The average molecular weight is 396 g/mol. The molecule has 0 atom stereocenters. The van der Waals surface area contributed by atoms with Crippen LogP contribution >= 0.6 is 15.9 Å². The SMILES string of the molecule is Cc1ccc(NC(=O)c2ccc(NCc3ccccc3)cn2)cc1Br. The van der Waals surface area contributed by atoms with E-state index in [1.165, 1.54) is 5.56 Å². The number of hydrogen-bond donors (Lipinski definition) is 2. The van der Waals surface area contributed by atoms with Gasteiger partial charge in [-0.1, -0.05) is 52.3 Å². The Morgan fingerprint density at radius 2 is 1.80 bits per heavy atom. The van der Waals surface area contributed by atoms with E-state index in [1.807, 2.05) is 49.4 Å². The highest BCUT2D eigenvalue weighted by Gasteiger charge is 2.08.